The number of fused-ring (bicyclic) bond motifs is 1. The van der Waals surface area contributed by atoms with Crippen molar-refractivity contribution in [2.45, 2.75) is 38.7 Å². The molecule has 1 aromatic carbocycles. The van der Waals surface area contributed by atoms with Gasteiger partial charge in [-0.25, -0.2) is 8.78 Å². The van der Waals surface area contributed by atoms with Crippen molar-refractivity contribution in [3.8, 4) is 5.75 Å². The number of ketones is 1. The number of rotatable bonds is 5. The first-order chi connectivity index (χ1) is 11.9. The molecule has 1 unspecified atom stereocenters. The van der Waals surface area contributed by atoms with Crippen LogP contribution in [-0.2, 0) is 20.7 Å². The van der Waals surface area contributed by atoms with Gasteiger partial charge in [0.25, 0.3) is 0 Å². The Balaban J connectivity index is 1.90. The van der Waals surface area contributed by atoms with Crippen LogP contribution in [0.2, 0.25) is 0 Å². The Morgan fingerprint density at radius 1 is 1.36 bits per heavy atom. The molecule has 0 bridgehead atoms. The summed E-state index contributed by atoms with van der Waals surface area (Å²) in [6, 6.07) is 2.21. The minimum Gasteiger partial charge on any atom is -0.494 e. The first-order valence-corrected chi connectivity index (χ1v) is 8.46. The fraction of sp³-hybridized carbons (Fsp3) is 0.526. The minimum absolute atomic E-state index is 0.0347. The van der Waals surface area contributed by atoms with Gasteiger partial charge in [-0.3, -0.25) is 4.79 Å². The van der Waals surface area contributed by atoms with Gasteiger partial charge in [0, 0.05) is 18.1 Å². The van der Waals surface area contributed by atoms with Gasteiger partial charge < -0.3 is 14.2 Å². The van der Waals surface area contributed by atoms with Gasteiger partial charge in [0.05, 0.1) is 7.11 Å². The Bertz CT molecular complexity index is 716. The van der Waals surface area contributed by atoms with E-state index in [0.717, 1.165) is 12.1 Å². The first-order valence-electron chi connectivity index (χ1n) is 8.46. The van der Waals surface area contributed by atoms with Crippen LogP contribution in [0.15, 0.2) is 24.0 Å². The van der Waals surface area contributed by atoms with Crippen LogP contribution in [0.25, 0.3) is 0 Å². The third kappa shape index (κ3) is 3.03. The summed E-state index contributed by atoms with van der Waals surface area (Å²) in [6.07, 6.45) is 2.96. The normalized spacial score (nSPS) is 26.7. The molecule has 3 rings (SSSR count). The highest BCUT2D eigenvalue weighted by Gasteiger charge is 2.51. The molecule has 4 nitrogen and oxygen atoms in total. The largest absolute Gasteiger partial charge is 0.494 e. The van der Waals surface area contributed by atoms with Crippen LogP contribution in [0.5, 0.6) is 5.75 Å². The lowest BCUT2D eigenvalue weighted by Crippen LogP contribution is -2.44. The topological polar surface area (TPSA) is 44.8 Å². The Hall–Kier alpha value is -1.95. The molecule has 0 amide bonds. The van der Waals surface area contributed by atoms with Gasteiger partial charge in [0.1, 0.15) is 17.2 Å². The van der Waals surface area contributed by atoms with Crippen LogP contribution in [0.3, 0.4) is 0 Å². The second-order valence-electron chi connectivity index (χ2n) is 6.70. The van der Waals surface area contributed by atoms with Crippen LogP contribution in [0.4, 0.5) is 8.78 Å². The van der Waals surface area contributed by atoms with Crippen LogP contribution >= 0.6 is 0 Å². The number of hydrogen-bond donors (Lipinski definition) is 0. The molecule has 1 aromatic rings. The zero-order chi connectivity index (χ0) is 18.2. The lowest BCUT2D eigenvalue weighted by molar-refractivity contribution is -0.123. The molecule has 1 fully saturated rings. The van der Waals surface area contributed by atoms with Gasteiger partial charge in [-0.05, 0) is 36.8 Å². The summed E-state index contributed by atoms with van der Waals surface area (Å²) >= 11 is 0. The summed E-state index contributed by atoms with van der Waals surface area (Å²) in [6.45, 7) is 3.93. The Labute approximate surface area is 145 Å². The van der Waals surface area contributed by atoms with E-state index in [4.69, 9.17) is 14.2 Å². The average Bonchev–Trinajstić information content (AvgIpc) is 3.00. The molecule has 2 aliphatic rings. The van der Waals surface area contributed by atoms with Crippen molar-refractivity contribution in [3.05, 3.63) is 41.2 Å². The molecule has 6 heteroatoms. The maximum atomic E-state index is 14.3. The van der Waals surface area contributed by atoms with Gasteiger partial charge in [0.15, 0.2) is 24.1 Å². The van der Waals surface area contributed by atoms with E-state index in [0.29, 0.717) is 18.6 Å². The SMILES string of the molecule is CC[C@H]1C[C@]2(C(C)Cc3cc(F)c(OC)cc3F)OCOC2=CC1=O. The van der Waals surface area contributed by atoms with Crippen molar-refractivity contribution < 1.29 is 27.8 Å². The summed E-state index contributed by atoms with van der Waals surface area (Å²) in [4.78, 5) is 12.1. The number of methoxy groups -OCH3 is 1. The van der Waals surface area contributed by atoms with Crippen molar-refractivity contribution >= 4 is 5.78 Å². The number of allylic oxidation sites excluding steroid dienone is 1. The third-order valence-corrected chi connectivity index (χ3v) is 5.31. The smallest absolute Gasteiger partial charge is 0.189 e. The van der Waals surface area contributed by atoms with Crippen molar-refractivity contribution in [1.29, 1.82) is 0 Å². The van der Waals surface area contributed by atoms with Gasteiger partial charge in [-0.15, -0.1) is 0 Å². The number of ether oxygens (including phenoxy) is 3. The summed E-state index contributed by atoms with van der Waals surface area (Å²) < 4.78 is 44.5. The van der Waals surface area contributed by atoms with E-state index >= 15 is 0 Å². The summed E-state index contributed by atoms with van der Waals surface area (Å²) in [5.74, 6) is -1.05. The van der Waals surface area contributed by atoms with E-state index in [1.807, 2.05) is 13.8 Å². The number of carbonyl (C=O) groups is 1. The molecule has 0 N–H and O–H groups in total. The minimum atomic E-state index is -0.766. The predicted molar refractivity (Wildman–Crippen MR) is 87.0 cm³/mol. The van der Waals surface area contributed by atoms with Crippen LogP contribution in [0, 0.1) is 23.5 Å². The Morgan fingerprint density at radius 3 is 2.80 bits per heavy atom. The van der Waals surface area contributed by atoms with Gasteiger partial charge in [0.2, 0.25) is 0 Å². The van der Waals surface area contributed by atoms with E-state index < -0.39 is 17.2 Å². The number of hydrogen-bond acceptors (Lipinski definition) is 4. The molecule has 0 aromatic heterocycles. The van der Waals surface area contributed by atoms with Gasteiger partial charge >= 0.3 is 0 Å². The van der Waals surface area contributed by atoms with E-state index in [1.54, 1.807) is 0 Å². The number of benzene rings is 1. The standard InChI is InChI=1S/C19H22F2O4/c1-4-12-9-19(18(8-16(12)22)24-10-25-19)11(2)5-13-6-15(21)17(23-3)7-14(13)20/h6-8,11-12H,4-5,9-10H2,1-3H3/t11?,12-,19+/m0/s1. The van der Waals surface area contributed by atoms with Crippen LogP contribution in [0.1, 0.15) is 32.3 Å². The van der Waals surface area contributed by atoms with Crippen LogP contribution in [-0.4, -0.2) is 25.3 Å². The molecular weight excluding hydrogens is 330 g/mol. The second kappa shape index (κ2) is 6.75. The molecule has 0 saturated carbocycles. The Kier molecular flexibility index (Phi) is 4.82. The molecule has 25 heavy (non-hydrogen) atoms. The lowest BCUT2D eigenvalue weighted by atomic mass is 9.71. The lowest BCUT2D eigenvalue weighted by Gasteiger charge is -2.38. The van der Waals surface area contributed by atoms with E-state index in [1.165, 1.54) is 13.2 Å². The molecule has 1 heterocycles. The van der Waals surface area contributed by atoms with Crippen molar-refractivity contribution in [1.82, 2.24) is 0 Å². The maximum absolute atomic E-state index is 14.3. The number of halogens is 2. The van der Waals surface area contributed by atoms with Crippen molar-refractivity contribution in [2.24, 2.45) is 11.8 Å². The fourth-order valence-corrected chi connectivity index (χ4v) is 3.74. The van der Waals surface area contributed by atoms with E-state index in [9.17, 15) is 13.6 Å². The highest BCUT2D eigenvalue weighted by molar-refractivity contribution is 5.93. The Morgan fingerprint density at radius 2 is 2.12 bits per heavy atom. The zero-order valence-electron chi connectivity index (χ0n) is 14.6. The summed E-state index contributed by atoms with van der Waals surface area (Å²) in [5.41, 5.74) is -0.516. The molecule has 1 aliphatic heterocycles. The summed E-state index contributed by atoms with van der Waals surface area (Å²) in [5, 5.41) is 0. The molecule has 1 saturated heterocycles. The molecule has 0 spiro atoms. The quantitative estimate of drug-likeness (QED) is 0.809. The maximum Gasteiger partial charge on any atom is 0.189 e. The second-order valence-corrected chi connectivity index (χ2v) is 6.70. The van der Waals surface area contributed by atoms with Crippen molar-refractivity contribution in [2.75, 3.05) is 13.9 Å². The fourth-order valence-electron chi connectivity index (χ4n) is 3.74. The van der Waals surface area contributed by atoms with Crippen LogP contribution < -0.4 is 4.74 Å². The van der Waals surface area contributed by atoms with E-state index in [-0.39, 0.29) is 42.1 Å². The average molecular weight is 352 g/mol. The molecule has 136 valence electrons. The third-order valence-electron chi connectivity index (χ3n) is 5.31. The summed E-state index contributed by atoms with van der Waals surface area (Å²) in [7, 11) is 1.30. The highest BCUT2D eigenvalue weighted by Crippen LogP contribution is 2.46. The molecule has 1 aliphatic carbocycles. The molecule has 3 atom stereocenters. The monoisotopic (exact) mass is 352 g/mol. The molecular formula is C19H22F2O4. The number of carbonyl (C=O) groups excluding carboxylic acids is 1. The van der Waals surface area contributed by atoms with Crippen molar-refractivity contribution in [3.63, 3.8) is 0 Å². The molecule has 0 radical (unpaired) electrons. The van der Waals surface area contributed by atoms with Gasteiger partial charge in [-0.1, -0.05) is 13.8 Å². The predicted octanol–water partition coefficient (Wildman–Crippen LogP) is 3.78. The zero-order valence-corrected chi connectivity index (χ0v) is 14.6. The highest BCUT2D eigenvalue weighted by atomic mass is 19.1. The van der Waals surface area contributed by atoms with Gasteiger partial charge in [-0.2, -0.15) is 0 Å². The first kappa shape index (κ1) is 17.9. The van der Waals surface area contributed by atoms with E-state index in [2.05, 4.69) is 0 Å².